The summed E-state index contributed by atoms with van der Waals surface area (Å²) in [6.07, 6.45) is 8.96. The van der Waals surface area contributed by atoms with Gasteiger partial charge in [-0.05, 0) is 19.8 Å². The number of aromatic nitrogens is 3. The van der Waals surface area contributed by atoms with Crippen LogP contribution in [0.2, 0.25) is 0 Å². The Balaban J connectivity index is 1.33. The lowest BCUT2D eigenvalue weighted by molar-refractivity contribution is -0.116. The van der Waals surface area contributed by atoms with Gasteiger partial charge in [-0.3, -0.25) is 4.79 Å². The summed E-state index contributed by atoms with van der Waals surface area (Å²) in [5.74, 6) is 2.03. The first-order valence-electron chi connectivity index (χ1n) is 9.54. The molecule has 1 saturated carbocycles. The molecule has 2 aromatic heterocycles. The summed E-state index contributed by atoms with van der Waals surface area (Å²) in [5.41, 5.74) is 2.19. The van der Waals surface area contributed by atoms with Crippen LogP contribution >= 0.6 is 0 Å². The van der Waals surface area contributed by atoms with Gasteiger partial charge < -0.3 is 9.73 Å². The van der Waals surface area contributed by atoms with Gasteiger partial charge in [-0.25, -0.2) is 9.67 Å². The van der Waals surface area contributed by atoms with Crippen LogP contribution in [0.25, 0.3) is 11.3 Å². The quantitative estimate of drug-likeness (QED) is 0.697. The number of amides is 1. The zero-order valence-electron chi connectivity index (χ0n) is 15.5. The molecule has 1 fully saturated rings. The highest BCUT2D eigenvalue weighted by atomic mass is 16.4. The number of aryl methyl sites for hydroxylation is 2. The van der Waals surface area contributed by atoms with Crippen molar-refractivity contribution >= 4 is 11.7 Å². The molecule has 6 heteroatoms. The van der Waals surface area contributed by atoms with Crippen LogP contribution in [-0.2, 0) is 11.2 Å². The molecular formula is C21H24N4O2. The zero-order valence-corrected chi connectivity index (χ0v) is 15.5. The highest BCUT2D eigenvalue weighted by molar-refractivity contribution is 5.89. The number of carbonyl (C=O) groups is 1. The van der Waals surface area contributed by atoms with Gasteiger partial charge in [0.15, 0.2) is 11.7 Å². The summed E-state index contributed by atoms with van der Waals surface area (Å²) in [7, 11) is 0. The molecule has 6 nitrogen and oxygen atoms in total. The van der Waals surface area contributed by atoms with Gasteiger partial charge in [0, 0.05) is 24.5 Å². The maximum Gasteiger partial charge on any atom is 0.226 e. The van der Waals surface area contributed by atoms with Gasteiger partial charge in [0.05, 0.1) is 18.4 Å². The van der Waals surface area contributed by atoms with Crippen molar-refractivity contribution in [3.05, 3.63) is 54.2 Å². The third-order valence-electron chi connectivity index (χ3n) is 5.06. The lowest BCUT2D eigenvalue weighted by atomic mass is 10.1. The number of anilines is 1. The molecule has 2 heterocycles. The summed E-state index contributed by atoms with van der Waals surface area (Å²) < 4.78 is 7.74. The van der Waals surface area contributed by atoms with E-state index in [4.69, 9.17) is 4.42 Å². The molecule has 27 heavy (non-hydrogen) atoms. The van der Waals surface area contributed by atoms with Gasteiger partial charge in [-0.15, -0.1) is 0 Å². The van der Waals surface area contributed by atoms with E-state index in [1.54, 1.807) is 12.4 Å². The molecular weight excluding hydrogens is 340 g/mol. The van der Waals surface area contributed by atoms with E-state index in [-0.39, 0.29) is 5.91 Å². The predicted octanol–water partition coefficient (Wildman–Crippen LogP) is 4.53. The summed E-state index contributed by atoms with van der Waals surface area (Å²) >= 11 is 0. The number of oxazole rings is 1. The van der Waals surface area contributed by atoms with E-state index in [2.05, 4.69) is 15.4 Å². The highest BCUT2D eigenvalue weighted by Crippen LogP contribution is 2.31. The maximum atomic E-state index is 12.3. The molecule has 1 aliphatic carbocycles. The van der Waals surface area contributed by atoms with E-state index in [0.717, 1.165) is 30.0 Å². The third-order valence-corrected chi connectivity index (χ3v) is 5.06. The van der Waals surface area contributed by atoms with Crippen molar-refractivity contribution in [2.24, 2.45) is 0 Å². The molecule has 0 saturated heterocycles. The first-order chi connectivity index (χ1) is 13.2. The fourth-order valence-corrected chi connectivity index (χ4v) is 3.56. The molecule has 0 aliphatic heterocycles. The highest BCUT2D eigenvalue weighted by Gasteiger charge is 2.20. The van der Waals surface area contributed by atoms with Crippen molar-refractivity contribution in [2.45, 2.75) is 51.5 Å². The van der Waals surface area contributed by atoms with E-state index in [1.807, 2.05) is 41.9 Å². The molecule has 1 amide bonds. The Hall–Kier alpha value is -2.89. The number of rotatable bonds is 6. The van der Waals surface area contributed by atoms with Crippen LogP contribution in [0.15, 0.2) is 47.1 Å². The lowest BCUT2D eigenvalue weighted by Crippen LogP contribution is -2.18. The van der Waals surface area contributed by atoms with Gasteiger partial charge in [0.25, 0.3) is 0 Å². The van der Waals surface area contributed by atoms with Gasteiger partial charge in [-0.2, -0.15) is 5.10 Å². The molecule has 0 bridgehead atoms. The van der Waals surface area contributed by atoms with Crippen molar-refractivity contribution < 1.29 is 9.21 Å². The minimum atomic E-state index is -0.0511. The number of benzene rings is 1. The number of hydrogen-bond donors (Lipinski definition) is 1. The average molecular weight is 364 g/mol. The molecule has 0 unspecified atom stereocenters. The van der Waals surface area contributed by atoms with Crippen LogP contribution in [-0.4, -0.2) is 20.7 Å². The monoisotopic (exact) mass is 364 g/mol. The van der Waals surface area contributed by atoms with Crippen molar-refractivity contribution in [1.82, 2.24) is 14.8 Å². The van der Waals surface area contributed by atoms with Crippen LogP contribution in [0.1, 0.15) is 49.6 Å². The van der Waals surface area contributed by atoms with Crippen LogP contribution in [0.4, 0.5) is 5.82 Å². The van der Waals surface area contributed by atoms with Crippen LogP contribution < -0.4 is 5.32 Å². The number of carbonyl (C=O) groups excluding carboxylic acids is 1. The largest absolute Gasteiger partial charge is 0.441 e. The molecule has 4 rings (SSSR count). The second-order valence-electron chi connectivity index (χ2n) is 7.13. The number of hydrogen-bond acceptors (Lipinski definition) is 4. The second kappa shape index (κ2) is 7.78. The van der Waals surface area contributed by atoms with Gasteiger partial charge >= 0.3 is 0 Å². The molecule has 0 radical (unpaired) electrons. The minimum Gasteiger partial charge on any atom is -0.441 e. The summed E-state index contributed by atoms with van der Waals surface area (Å²) in [4.78, 5) is 16.6. The van der Waals surface area contributed by atoms with E-state index in [1.165, 1.54) is 18.4 Å². The second-order valence-corrected chi connectivity index (χ2v) is 7.13. The predicted molar refractivity (Wildman–Crippen MR) is 103 cm³/mol. The minimum absolute atomic E-state index is 0.0511. The average Bonchev–Trinajstić information content (AvgIpc) is 3.42. The SMILES string of the molecule is Cc1ccc(-c2cnc(CCC(=O)Nc3ccnn3C3CCCC3)o2)cc1. The standard InChI is InChI=1S/C21H24N4O2/c1-15-6-8-16(9-7-15)18-14-22-21(27-18)11-10-20(26)24-19-12-13-23-25(19)17-4-2-3-5-17/h6-9,12-14,17H,2-5,10-11H2,1H3,(H,24,26). The third kappa shape index (κ3) is 4.10. The topological polar surface area (TPSA) is 73.0 Å². The molecule has 140 valence electrons. The van der Waals surface area contributed by atoms with Gasteiger partial charge in [0.2, 0.25) is 5.91 Å². The molecule has 1 N–H and O–H groups in total. The Labute approximate surface area is 158 Å². The Morgan fingerprint density at radius 3 is 2.78 bits per heavy atom. The number of nitrogens with one attached hydrogen (secondary N) is 1. The van der Waals surface area contributed by atoms with Crippen LogP contribution in [0.5, 0.6) is 0 Å². The first-order valence-corrected chi connectivity index (χ1v) is 9.54. The molecule has 3 aromatic rings. The van der Waals surface area contributed by atoms with E-state index in [9.17, 15) is 4.79 Å². The van der Waals surface area contributed by atoms with Gasteiger partial charge in [-0.1, -0.05) is 42.7 Å². The zero-order chi connectivity index (χ0) is 18.6. The Kier molecular flexibility index (Phi) is 5.05. The lowest BCUT2D eigenvalue weighted by Gasteiger charge is -2.14. The smallest absolute Gasteiger partial charge is 0.226 e. The van der Waals surface area contributed by atoms with Crippen LogP contribution in [0.3, 0.4) is 0 Å². The molecule has 0 spiro atoms. The molecule has 1 aliphatic rings. The van der Waals surface area contributed by atoms with E-state index < -0.39 is 0 Å². The normalized spacial score (nSPS) is 14.6. The van der Waals surface area contributed by atoms with E-state index >= 15 is 0 Å². The maximum absolute atomic E-state index is 12.3. The summed E-state index contributed by atoms with van der Waals surface area (Å²) in [6.45, 7) is 2.05. The Morgan fingerprint density at radius 2 is 2.00 bits per heavy atom. The van der Waals surface area contributed by atoms with Crippen molar-refractivity contribution in [3.63, 3.8) is 0 Å². The fraction of sp³-hybridized carbons (Fsp3) is 0.381. The van der Waals surface area contributed by atoms with Gasteiger partial charge in [0.1, 0.15) is 5.82 Å². The summed E-state index contributed by atoms with van der Waals surface area (Å²) in [6, 6.07) is 10.4. The van der Waals surface area contributed by atoms with Crippen molar-refractivity contribution in [1.29, 1.82) is 0 Å². The van der Waals surface area contributed by atoms with E-state index in [0.29, 0.717) is 24.8 Å². The Morgan fingerprint density at radius 1 is 1.22 bits per heavy atom. The molecule has 0 atom stereocenters. The van der Waals surface area contributed by atoms with Crippen LogP contribution in [0, 0.1) is 6.92 Å². The Bertz CT molecular complexity index is 904. The first kappa shape index (κ1) is 17.5. The number of nitrogens with zero attached hydrogens (tertiary/aromatic N) is 3. The van der Waals surface area contributed by atoms with Crippen molar-refractivity contribution in [3.8, 4) is 11.3 Å². The van der Waals surface area contributed by atoms with Crippen molar-refractivity contribution in [2.75, 3.05) is 5.32 Å². The fourth-order valence-electron chi connectivity index (χ4n) is 3.56. The molecule has 1 aromatic carbocycles. The summed E-state index contributed by atoms with van der Waals surface area (Å²) in [5, 5.41) is 7.36.